The Hall–Kier alpha value is -2.31. The third-order valence-electron chi connectivity index (χ3n) is 6.48. The SMILES string of the molecule is CC1CCN(CCCNC(=O)c2ccccc2SCC(=O)N2CCc3ccccc32)CC1. The van der Waals surface area contributed by atoms with Gasteiger partial charge in [0, 0.05) is 23.7 Å². The number of piperidine rings is 1. The highest BCUT2D eigenvalue weighted by atomic mass is 32.2. The van der Waals surface area contributed by atoms with Crippen LogP contribution in [0.15, 0.2) is 53.4 Å². The standard InChI is InChI=1S/C26H33N3O2S/c1-20-11-16-28(17-12-20)15-6-14-27-26(31)22-8-3-5-10-24(22)32-19-25(30)29-18-13-21-7-2-4-9-23(21)29/h2-5,7-10,20H,6,11-19H2,1H3,(H,27,31). The van der Waals surface area contributed by atoms with E-state index in [1.165, 1.54) is 43.3 Å². The summed E-state index contributed by atoms with van der Waals surface area (Å²) in [6, 6.07) is 15.7. The van der Waals surface area contributed by atoms with E-state index in [-0.39, 0.29) is 11.8 Å². The first-order valence-corrected chi connectivity index (χ1v) is 12.7. The van der Waals surface area contributed by atoms with E-state index < -0.39 is 0 Å². The molecule has 2 heterocycles. The minimum atomic E-state index is -0.0562. The van der Waals surface area contributed by atoms with Crippen molar-refractivity contribution in [2.45, 2.75) is 37.5 Å². The van der Waals surface area contributed by atoms with Crippen LogP contribution in [-0.4, -0.2) is 55.2 Å². The zero-order valence-corrected chi connectivity index (χ0v) is 19.7. The van der Waals surface area contributed by atoms with Crippen LogP contribution in [0.3, 0.4) is 0 Å². The molecule has 0 spiro atoms. The van der Waals surface area contributed by atoms with E-state index in [0.717, 1.165) is 42.4 Å². The number of hydrogen-bond donors (Lipinski definition) is 1. The highest BCUT2D eigenvalue weighted by Gasteiger charge is 2.24. The Morgan fingerprint density at radius 3 is 2.62 bits per heavy atom. The fourth-order valence-electron chi connectivity index (χ4n) is 4.48. The summed E-state index contributed by atoms with van der Waals surface area (Å²) in [6.07, 6.45) is 4.42. The molecule has 0 saturated carbocycles. The van der Waals surface area contributed by atoms with E-state index in [2.05, 4.69) is 23.2 Å². The number of nitrogens with zero attached hydrogens (tertiary/aromatic N) is 2. The van der Waals surface area contributed by atoms with Crippen LogP contribution < -0.4 is 10.2 Å². The Morgan fingerprint density at radius 1 is 1.03 bits per heavy atom. The number of carbonyl (C=O) groups excluding carboxylic acids is 2. The number of nitrogens with one attached hydrogen (secondary N) is 1. The number of thioether (sulfide) groups is 1. The number of hydrogen-bond acceptors (Lipinski definition) is 4. The molecule has 6 heteroatoms. The van der Waals surface area contributed by atoms with Crippen molar-refractivity contribution in [1.29, 1.82) is 0 Å². The minimum Gasteiger partial charge on any atom is -0.352 e. The van der Waals surface area contributed by atoms with Gasteiger partial charge in [-0.15, -0.1) is 11.8 Å². The van der Waals surface area contributed by atoms with Crippen LogP contribution in [0.4, 0.5) is 5.69 Å². The zero-order valence-electron chi connectivity index (χ0n) is 18.9. The van der Waals surface area contributed by atoms with Crippen molar-refractivity contribution >= 4 is 29.3 Å². The van der Waals surface area contributed by atoms with Crippen molar-refractivity contribution in [1.82, 2.24) is 10.2 Å². The number of rotatable bonds is 8. The van der Waals surface area contributed by atoms with Crippen LogP contribution in [0.1, 0.15) is 42.1 Å². The van der Waals surface area contributed by atoms with Crippen molar-refractivity contribution in [3.8, 4) is 0 Å². The van der Waals surface area contributed by atoms with Crippen LogP contribution in [0.25, 0.3) is 0 Å². The maximum absolute atomic E-state index is 12.8. The van der Waals surface area contributed by atoms with Crippen LogP contribution in [0.2, 0.25) is 0 Å². The van der Waals surface area contributed by atoms with E-state index in [9.17, 15) is 9.59 Å². The van der Waals surface area contributed by atoms with Gasteiger partial charge in [-0.25, -0.2) is 0 Å². The maximum Gasteiger partial charge on any atom is 0.252 e. The third kappa shape index (κ3) is 5.73. The molecule has 0 radical (unpaired) electrons. The zero-order chi connectivity index (χ0) is 22.3. The van der Waals surface area contributed by atoms with Gasteiger partial charge in [0.1, 0.15) is 0 Å². The van der Waals surface area contributed by atoms with Gasteiger partial charge in [0.25, 0.3) is 5.91 Å². The molecule has 0 aromatic heterocycles. The molecule has 2 amide bonds. The van der Waals surface area contributed by atoms with E-state index >= 15 is 0 Å². The Labute approximate surface area is 195 Å². The van der Waals surface area contributed by atoms with Crippen LogP contribution >= 0.6 is 11.8 Å². The second-order valence-electron chi connectivity index (χ2n) is 8.84. The predicted octanol–water partition coefficient (Wildman–Crippen LogP) is 4.22. The molecule has 2 aliphatic heterocycles. The van der Waals surface area contributed by atoms with Crippen LogP contribution in [0.5, 0.6) is 0 Å². The highest BCUT2D eigenvalue weighted by Crippen LogP contribution is 2.29. The normalized spacial score (nSPS) is 16.7. The first kappa shape index (κ1) is 22.9. The molecule has 1 N–H and O–H groups in total. The lowest BCUT2D eigenvalue weighted by molar-refractivity contribution is -0.116. The molecule has 1 saturated heterocycles. The molecule has 0 aliphatic carbocycles. The summed E-state index contributed by atoms with van der Waals surface area (Å²) in [7, 11) is 0. The molecule has 0 atom stereocenters. The molecule has 4 rings (SSSR count). The predicted molar refractivity (Wildman–Crippen MR) is 131 cm³/mol. The van der Waals surface area contributed by atoms with Gasteiger partial charge in [0.05, 0.1) is 11.3 Å². The Balaban J connectivity index is 1.26. The summed E-state index contributed by atoms with van der Waals surface area (Å²) in [6.45, 7) is 7.11. The molecule has 0 unspecified atom stereocenters. The number of amides is 2. The first-order chi connectivity index (χ1) is 15.6. The fraction of sp³-hybridized carbons (Fsp3) is 0.462. The molecule has 170 valence electrons. The number of anilines is 1. The molecular weight excluding hydrogens is 418 g/mol. The molecule has 1 fully saturated rings. The van der Waals surface area contributed by atoms with E-state index in [4.69, 9.17) is 0 Å². The van der Waals surface area contributed by atoms with Gasteiger partial charge in [0.2, 0.25) is 5.91 Å². The van der Waals surface area contributed by atoms with E-state index in [1.807, 2.05) is 47.4 Å². The molecule has 5 nitrogen and oxygen atoms in total. The second kappa shape index (κ2) is 11.0. The van der Waals surface area contributed by atoms with Crippen molar-refractivity contribution in [3.05, 3.63) is 59.7 Å². The number of likely N-dealkylation sites (tertiary alicyclic amines) is 1. The summed E-state index contributed by atoms with van der Waals surface area (Å²) < 4.78 is 0. The Bertz CT molecular complexity index is 940. The molecular formula is C26H33N3O2S. The van der Waals surface area contributed by atoms with Crippen molar-refractivity contribution in [3.63, 3.8) is 0 Å². The molecule has 0 bridgehead atoms. The summed E-state index contributed by atoms with van der Waals surface area (Å²) in [5.74, 6) is 1.20. The largest absolute Gasteiger partial charge is 0.352 e. The summed E-state index contributed by atoms with van der Waals surface area (Å²) in [5, 5.41) is 3.07. The minimum absolute atomic E-state index is 0.0562. The van der Waals surface area contributed by atoms with Gasteiger partial charge in [-0.3, -0.25) is 9.59 Å². The summed E-state index contributed by atoms with van der Waals surface area (Å²) >= 11 is 1.45. The molecule has 2 aliphatic rings. The number of fused-ring (bicyclic) bond motifs is 1. The average molecular weight is 452 g/mol. The quantitative estimate of drug-likeness (QED) is 0.482. The van der Waals surface area contributed by atoms with Gasteiger partial charge in [-0.05, 0) is 75.0 Å². The molecule has 2 aromatic rings. The van der Waals surface area contributed by atoms with Gasteiger partial charge in [-0.2, -0.15) is 0 Å². The summed E-state index contributed by atoms with van der Waals surface area (Å²) in [4.78, 5) is 30.9. The number of para-hydroxylation sites is 1. The fourth-order valence-corrected chi connectivity index (χ4v) is 5.41. The Kier molecular flexibility index (Phi) is 7.87. The smallest absolute Gasteiger partial charge is 0.252 e. The van der Waals surface area contributed by atoms with Gasteiger partial charge < -0.3 is 15.1 Å². The van der Waals surface area contributed by atoms with Crippen molar-refractivity contribution < 1.29 is 9.59 Å². The lowest BCUT2D eigenvalue weighted by Gasteiger charge is -2.30. The monoisotopic (exact) mass is 451 g/mol. The van der Waals surface area contributed by atoms with Crippen molar-refractivity contribution in [2.75, 3.05) is 43.4 Å². The van der Waals surface area contributed by atoms with Crippen LogP contribution in [-0.2, 0) is 11.2 Å². The maximum atomic E-state index is 12.8. The van der Waals surface area contributed by atoms with Crippen molar-refractivity contribution in [2.24, 2.45) is 5.92 Å². The number of benzene rings is 2. The Morgan fingerprint density at radius 2 is 1.78 bits per heavy atom. The topological polar surface area (TPSA) is 52.7 Å². The van der Waals surface area contributed by atoms with Gasteiger partial charge in [-0.1, -0.05) is 37.3 Å². The molecule has 2 aromatic carbocycles. The van der Waals surface area contributed by atoms with Crippen LogP contribution in [0, 0.1) is 5.92 Å². The summed E-state index contributed by atoms with van der Waals surface area (Å²) in [5.41, 5.74) is 2.90. The van der Waals surface area contributed by atoms with Gasteiger partial charge in [0.15, 0.2) is 0 Å². The lowest BCUT2D eigenvalue weighted by atomic mass is 9.99. The van der Waals surface area contributed by atoms with E-state index in [1.54, 1.807) is 0 Å². The average Bonchev–Trinajstić information content (AvgIpc) is 3.26. The second-order valence-corrected chi connectivity index (χ2v) is 9.86. The highest BCUT2D eigenvalue weighted by molar-refractivity contribution is 8.00. The first-order valence-electron chi connectivity index (χ1n) is 11.7. The van der Waals surface area contributed by atoms with E-state index in [0.29, 0.717) is 17.9 Å². The lowest BCUT2D eigenvalue weighted by Crippen LogP contribution is -2.35. The number of carbonyl (C=O) groups is 2. The van der Waals surface area contributed by atoms with Gasteiger partial charge >= 0.3 is 0 Å². The molecule has 32 heavy (non-hydrogen) atoms. The third-order valence-corrected chi connectivity index (χ3v) is 7.54.